The summed E-state index contributed by atoms with van der Waals surface area (Å²) >= 11 is 0. The number of hydrogen-bond acceptors (Lipinski definition) is 3. The molecule has 1 aliphatic carbocycles. The van der Waals surface area contributed by atoms with Crippen molar-refractivity contribution >= 4 is 40.0 Å². The van der Waals surface area contributed by atoms with Crippen LogP contribution in [-0.2, 0) is 16.6 Å². The number of nitrogens with one attached hydrogen (secondary N) is 3. The van der Waals surface area contributed by atoms with Gasteiger partial charge in [0.1, 0.15) is 0 Å². The van der Waals surface area contributed by atoms with Crippen molar-refractivity contribution in [3.8, 4) is 0 Å². The number of hydrogen-bond donors (Lipinski definition) is 3. The van der Waals surface area contributed by atoms with Gasteiger partial charge in [0.25, 0.3) is 0 Å². The highest BCUT2D eigenvalue weighted by atomic mass is 127. The lowest BCUT2D eigenvalue weighted by molar-refractivity contribution is 0.491. The Labute approximate surface area is 174 Å². The molecule has 1 aromatic rings. The van der Waals surface area contributed by atoms with E-state index in [0.29, 0.717) is 12.1 Å². The molecule has 6 nitrogen and oxygen atoms in total. The second kappa shape index (κ2) is 9.89. The SMILES string of the molecule is CCNC(=NCc1ccccc1S(=O)(=O)NC(C)(C)C)NCC1CC1.I. The van der Waals surface area contributed by atoms with Gasteiger partial charge in [0.05, 0.1) is 11.4 Å². The van der Waals surface area contributed by atoms with Gasteiger partial charge >= 0.3 is 0 Å². The van der Waals surface area contributed by atoms with Crippen LogP contribution in [0.1, 0.15) is 46.1 Å². The molecule has 1 fully saturated rings. The minimum absolute atomic E-state index is 0. The maximum atomic E-state index is 12.7. The van der Waals surface area contributed by atoms with Crippen molar-refractivity contribution in [2.45, 2.75) is 57.5 Å². The predicted molar refractivity (Wildman–Crippen MR) is 117 cm³/mol. The summed E-state index contributed by atoms with van der Waals surface area (Å²) in [6.45, 7) is 9.49. The summed E-state index contributed by atoms with van der Waals surface area (Å²) in [5, 5.41) is 6.53. The van der Waals surface area contributed by atoms with Gasteiger partial charge in [0, 0.05) is 18.6 Å². The third kappa shape index (κ3) is 7.79. The number of benzene rings is 1. The fourth-order valence-electron chi connectivity index (χ4n) is 2.42. The first-order chi connectivity index (χ1) is 11.7. The fourth-order valence-corrected chi connectivity index (χ4v) is 4.08. The number of rotatable bonds is 7. The highest BCUT2D eigenvalue weighted by Gasteiger charge is 2.24. The number of guanidine groups is 1. The summed E-state index contributed by atoms with van der Waals surface area (Å²) in [5.41, 5.74) is 0.151. The van der Waals surface area contributed by atoms with Crippen LogP contribution in [-0.4, -0.2) is 33.0 Å². The molecular formula is C18H31IN4O2S. The van der Waals surface area contributed by atoms with Gasteiger partial charge in [-0.15, -0.1) is 24.0 Å². The van der Waals surface area contributed by atoms with Crippen LogP contribution in [0.3, 0.4) is 0 Å². The molecule has 8 heteroatoms. The second-order valence-electron chi connectivity index (χ2n) is 7.48. The van der Waals surface area contributed by atoms with Crippen LogP contribution in [0, 0.1) is 5.92 Å². The van der Waals surface area contributed by atoms with Crippen molar-refractivity contribution < 1.29 is 8.42 Å². The highest BCUT2D eigenvalue weighted by Crippen LogP contribution is 2.27. The molecule has 0 radical (unpaired) electrons. The smallest absolute Gasteiger partial charge is 0.241 e. The summed E-state index contributed by atoms with van der Waals surface area (Å²) in [4.78, 5) is 4.84. The van der Waals surface area contributed by atoms with Crippen LogP contribution in [0.4, 0.5) is 0 Å². The summed E-state index contributed by atoms with van der Waals surface area (Å²) in [6.07, 6.45) is 2.54. The van der Waals surface area contributed by atoms with Gasteiger partial charge < -0.3 is 10.6 Å². The first kappa shape index (κ1) is 23.2. The molecule has 0 aliphatic heterocycles. The molecule has 148 valence electrons. The zero-order valence-electron chi connectivity index (χ0n) is 16.0. The van der Waals surface area contributed by atoms with Crippen molar-refractivity contribution in [2.75, 3.05) is 13.1 Å². The molecule has 1 aromatic carbocycles. The monoisotopic (exact) mass is 494 g/mol. The van der Waals surface area contributed by atoms with E-state index >= 15 is 0 Å². The van der Waals surface area contributed by atoms with Crippen molar-refractivity contribution in [1.29, 1.82) is 0 Å². The molecular weight excluding hydrogens is 463 g/mol. The van der Waals surface area contributed by atoms with E-state index in [1.54, 1.807) is 12.1 Å². The van der Waals surface area contributed by atoms with Crippen LogP contribution in [0.15, 0.2) is 34.2 Å². The minimum atomic E-state index is -3.58. The normalized spacial score (nSPS) is 15.3. The standard InChI is InChI=1S/C18H30N4O2S.HI/c1-5-19-17(20-12-14-10-11-14)21-13-15-8-6-7-9-16(15)25(23,24)22-18(2,3)4;/h6-9,14,22H,5,10-13H2,1-4H3,(H2,19,20,21);1H. The number of sulfonamides is 1. The maximum Gasteiger partial charge on any atom is 0.241 e. The molecule has 26 heavy (non-hydrogen) atoms. The largest absolute Gasteiger partial charge is 0.357 e. The summed E-state index contributed by atoms with van der Waals surface area (Å²) < 4.78 is 28.0. The Kier molecular flexibility index (Phi) is 8.81. The molecule has 3 N–H and O–H groups in total. The third-order valence-corrected chi connectivity index (χ3v) is 5.57. The summed E-state index contributed by atoms with van der Waals surface area (Å²) in [7, 11) is -3.58. The van der Waals surface area contributed by atoms with E-state index in [4.69, 9.17) is 0 Å². The predicted octanol–water partition coefficient (Wildman–Crippen LogP) is 2.85. The van der Waals surface area contributed by atoms with Gasteiger partial charge in [-0.2, -0.15) is 0 Å². The van der Waals surface area contributed by atoms with E-state index in [1.807, 2.05) is 39.8 Å². The lowest BCUT2D eigenvalue weighted by Crippen LogP contribution is -2.41. The molecule has 0 unspecified atom stereocenters. The minimum Gasteiger partial charge on any atom is -0.357 e. The van der Waals surface area contributed by atoms with Crippen molar-refractivity contribution in [1.82, 2.24) is 15.4 Å². The van der Waals surface area contributed by atoms with E-state index in [1.165, 1.54) is 12.8 Å². The van der Waals surface area contributed by atoms with E-state index < -0.39 is 15.6 Å². The molecule has 2 rings (SSSR count). The average molecular weight is 494 g/mol. The third-order valence-electron chi connectivity index (χ3n) is 3.71. The Morgan fingerprint density at radius 1 is 1.19 bits per heavy atom. The zero-order valence-corrected chi connectivity index (χ0v) is 19.1. The number of nitrogens with zero attached hydrogens (tertiary/aromatic N) is 1. The molecule has 0 heterocycles. The first-order valence-electron chi connectivity index (χ1n) is 8.85. The lowest BCUT2D eigenvalue weighted by atomic mass is 10.1. The Hall–Kier alpha value is -0.870. The quantitative estimate of drug-likeness (QED) is 0.309. The Balaban J connectivity index is 0.00000338. The Bertz CT molecular complexity index is 710. The molecule has 0 amide bonds. The number of halogens is 1. The van der Waals surface area contributed by atoms with Gasteiger partial charge in [-0.25, -0.2) is 18.1 Å². The van der Waals surface area contributed by atoms with Crippen LogP contribution in [0.2, 0.25) is 0 Å². The maximum absolute atomic E-state index is 12.7. The van der Waals surface area contributed by atoms with Gasteiger partial charge in [-0.1, -0.05) is 18.2 Å². The summed E-state index contributed by atoms with van der Waals surface area (Å²) in [5.74, 6) is 1.47. The summed E-state index contributed by atoms with van der Waals surface area (Å²) in [6, 6.07) is 7.02. The molecule has 0 atom stereocenters. The molecule has 0 bridgehead atoms. The van der Waals surface area contributed by atoms with Crippen LogP contribution >= 0.6 is 24.0 Å². The second-order valence-corrected chi connectivity index (χ2v) is 9.13. The van der Waals surface area contributed by atoms with Crippen molar-refractivity contribution in [2.24, 2.45) is 10.9 Å². The molecule has 1 saturated carbocycles. The fraction of sp³-hybridized carbons (Fsp3) is 0.611. The van der Waals surface area contributed by atoms with Crippen molar-refractivity contribution in [3.63, 3.8) is 0 Å². The van der Waals surface area contributed by atoms with Crippen LogP contribution in [0.5, 0.6) is 0 Å². The van der Waals surface area contributed by atoms with Gasteiger partial charge in [-0.05, 0) is 58.1 Å². The lowest BCUT2D eigenvalue weighted by Gasteiger charge is -2.21. The average Bonchev–Trinajstić information content (AvgIpc) is 3.32. The van der Waals surface area contributed by atoms with Gasteiger partial charge in [0.15, 0.2) is 5.96 Å². The number of aliphatic imine (C=N–C) groups is 1. The zero-order chi connectivity index (χ0) is 18.5. The van der Waals surface area contributed by atoms with E-state index in [9.17, 15) is 8.42 Å². The topological polar surface area (TPSA) is 82.6 Å². The van der Waals surface area contributed by atoms with Crippen LogP contribution < -0.4 is 15.4 Å². The van der Waals surface area contributed by atoms with Gasteiger partial charge in [-0.3, -0.25) is 0 Å². The first-order valence-corrected chi connectivity index (χ1v) is 10.3. The molecule has 0 spiro atoms. The van der Waals surface area contributed by atoms with Gasteiger partial charge in [0.2, 0.25) is 10.0 Å². The Morgan fingerprint density at radius 2 is 1.85 bits per heavy atom. The van der Waals surface area contributed by atoms with E-state index in [2.05, 4.69) is 20.3 Å². The highest BCUT2D eigenvalue weighted by molar-refractivity contribution is 14.0. The molecule has 0 saturated heterocycles. The van der Waals surface area contributed by atoms with E-state index in [-0.39, 0.29) is 28.9 Å². The van der Waals surface area contributed by atoms with Crippen LogP contribution in [0.25, 0.3) is 0 Å². The Morgan fingerprint density at radius 3 is 2.42 bits per heavy atom. The van der Waals surface area contributed by atoms with E-state index in [0.717, 1.165) is 25.0 Å². The molecule has 0 aromatic heterocycles. The molecule has 1 aliphatic rings. The van der Waals surface area contributed by atoms with Crippen molar-refractivity contribution in [3.05, 3.63) is 29.8 Å².